The molecule has 0 spiro atoms. The molecule has 1 saturated heterocycles. The predicted octanol–water partition coefficient (Wildman–Crippen LogP) is 0.102. The lowest BCUT2D eigenvalue weighted by atomic mass is 9.94. The molecule has 1 unspecified atom stereocenters. The Morgan fingerprint density at radius 1 is 1.60 bits per heavy atom. The first-order chi connectivity index (χ1) is 4.75. The lowest BCUT2D eigenvalue weighted by molar-refractivity contribution is -0.142. The van der Waals surface area contributed by atoms with Gasteiger partial charge in [-0.25, -0.2) is 0 Å². The van der Waals surface area contributed by atoms with Crippen molar-refractivity contribution in [1.29, 1.82) is 0 Å². The first-order valence-corrected chi connectivity index (χ1v) is 3.57. The van der Waals surface area contributed by atoms with Gasteiger partial charge in [0.15, 0.2) is 0 Å². The molecule has 1 atom stereocenters. The molecule has 0 saturated carbocycles. The van der Waals surface area contributed by atoms with Crippen LogP contribution in [-0.2, 0) is 9.59 Å². The van der Waals surface area contributed by atoms with Crippen LogP contribution in [0.25, 0.3) is 0 Å². The van der Waals surface area contributed by atoms with Gasteiger partial charge >= 0.3 is 0 Å². The summed E-state index contributed by atoms with van der Waals surface area (Å²) in [5, 5.41) is 2.51. The number of amides is 1. The van der Waals surface area contributed by atoms with E-state index in [4.69, 9.17) is 0 Å². The van der Waals surface area contributed by atoms with Crippen LogP contribution in [0.2, 0.25) is 0 Å². The number of piperidine rings is 1. The smallest absolute Gasteiger partial charge is 0.287 e. The van der Waals surface area contributed by atoms with Crippen molar-refractivity contribution in [2.45, 2.75) is 19.8 Å². The number of ketones is 1. The van der Waals surface area contributed by atoms with Crippen molar-refractivity contribution in [2.24, 2.45) is 5.92 Å². The summed E-state index contributed by atoms with van der Waals surface area (Å²) < 4.78 is 0. The van der Waals surface area contributed by atoms with Gasteiger partial charge in [-0.2, -0.15) is 0 Å². The Labute approximate surface area is 59.8 Å². The van der Waals surface area contributed by atoms with E-state index in [1.54, 1.807) is 0 Å². The summed E-state index contributed by atoms with van der Waals surface area (Å²) in [5.41, 5.74) is 0. The molecule has 56 valence electrons. The molecule has 1 aliphatic heterocycles. The zero-order valence-corrected chi connectivity index (χ0v) is 6.02. The topological polar surface area (TPSA) is 46.2 Å². The maximum Gasteiger partial charge on any atom is 0.287 e. The number of hydrogen-bond donors (Lipinski definition) is 1. The summed E-state index contributed by atoms with van der Waals surface area (Å²) in [4.78, 5) is 21.6. The first kappa shape index (κ1) is 7.25. The molecular weight excluding hydrogens is 130 g/mol. The summed E-state index contributed by atoms with van der Waals surface area (Å²) in [6.07, 6.45) is 1.59. The zero-order chi connectivity index (χ0) is 7.56. The molecule has 1 aliphatic rings. The average molecular weight is 141 g/mol. The Balaban J connectivity index is 2.60. The summed E-state index contributed by atoms with van der Waals surface area (Å²) in [7, 11) is 0. The van der Waals surface area contributed by atoms with Gasteiger partial charge in [0.1, 0.15) is 0 Å². The highest BCUT2D eigenvalue weighted by atomic mass is 16.2. The van der Waals surface area contributed by atoms with Crippen molar-refractivity contribution in [1.82, 2.24) is 5.32 Å². The van der Waals surface area contributed by atoms with Crippen LogP contribution in [0.3, 0.4) is 0 Å². The quantitative estimate of drug-likeness (QED) is 0.526. The van der Waals surface area contributed by atoms with E-state index in [0.29, 0.717) is 6.54 Å². The largest absolute Gasteiger partial charge is 0.349 e. The number of nitrogens with one attached hydrogen (secondary N) is 1. The van der Waals surface area contributed by atoms with Crippen molar-refractivity contribution < 1.29 is 9.59 Å². The van der Waals surface area contributed by atoms with Gasteiger partial charge in [0.2, 0.25) is 5.78 Å². The molecule has 0 aromatic heterocycles. The summed E-state index contributed by atoms with van der Waals surface area (Å²) in [6, 6.07) is 0. The third-order valence-electron chi connectivity index (χ3n) is 1.87. The van der Waals surface area contributed by atoms with Gasteiger partial charge in [0.25, 0.3) is 5.91 Å². The minimum atomic E-state index is -0.405. The SMILES string of the molecule is CCC1CCNC(=O)C1=O. The van der Waals surface area contributed by atoms with Crippen LogP contribution in [0.1, 0.15) is 19.8 Å². The number of hydrogen-bond acceptors (Lipinski definition) is 2. The highest BCUT2D eigenvalue weighted by Gasteiger charge is 2.27. The van der Waals surface area contributed by atoms with Crippen molar-refractivity contribution in [2.75, 3.05) is 6.54 Å². The Morgan fingerprint density at radius 2 is 2.30 bits per heavy atom. The average Bonchev–Trinajstić information content (AvgIpc) is 1.95. The van der Waals surface area contributed by atoms with E-state index in [1.165, 1.54) is 0 Å². The Hall–Kier alpha value is -0.860. The molecule has 0 aromatic rings. The lowest BCUT2D eigenvalue weighted by Crippen LogP contribution is -2.42. The van der Waals surface area contributed by atoms with Crippen LogP contribution in [0, 0.1) is 5.92 Å². The predicted molar refractivity (Wildman–Crippen MR) is 36.4 cm³/mol. The number of rotatable bonds is 1. The fourth-order valence-electron chi connectivity index (χ4n) is 1.15. The zero-order valence-electron chi connectivity index (χ0n) is 6.02. The second-order valence-electron chi connectivity index (χ2n) is 2.51. The first-order valence-electron chi connectivity index (χ1n) is 3.57. The van der Waals surface area contributed by atoms with Crippen LogP contribution < -0.4 is 5.32 Å². The molecule has 3 heteroatoms. The summed E-state index contributed by atoms with van der Waals surface area (Å²) in [5.74, 6) is -0.666. The maximum absolute atomic E-state index is 10.9. The maximum atomic E-state index is 10.9. The highest BCUT2D eigenvalue weighted by molar-refractivity contribution is 6.37. The van der Waals surface area contributed by atoms with E-state index >= 15 is 0 Å². The fraction of sp³-hybridized carbons (Fsp3) is 0.714. The Morgan fingerprint density at radius 3 is 2.80 bits per heavy atom. The second-order valence-corrected chi connectivity index (χ2v) is 2.51. The van der Waals surface area contributed by atoms with E-state index in [9.17, 15) is 9.59 Å². The molecule has 1 heterocycles. The molecule has 0 aliphatic carbocycles. The van der Waals surface area contributed by atoms with E-state index in [2.05, 4.69) is 5.32 Å². The Kier molecular flexibility index (Phi) is 2.04. The van der Waals surface area contributed by atoms with Crippen LogP contribution in [-0.4, -0.2) is 18.2 Å². The number of Topliss-reactive ketones (excluding diaryl/α,β-unsaturated/α-hetero) is 1. The van der Waals surface area contributed by atoms with Gasteiger partial charge in [-0.15, -0.1) is 0 Å². The highest BCUT2D eigenvalue weighted by Crippen LogP contribution is 2.11. The molecule has 0 aromatic carbocycles. The molecule has 0 radical (unpaired) electrons. The fourth-order valence-corrected chi connectivity index (χ4v) is 1.15. The summed E-state index contributed by atoms with van der Waals surface area (Å²) in [6.45, 7) is 2.59. The molecular formula is C7H11NO2. The van der Waals surface area contributed by atoms with Crippen molar-refractivity contribution >= 4 is 11.7 Å². The van der Waals surface area contributed by atoms with Crippen molar-refractivity contribution in [3.05, 3.63) is 0 Å². The van der Waals surface area contributed by atoms with Crippen molar-refractivity contribution in [3.63, 3.8) is 0 Å². The molecule has 1 N–H and O–H groups in total. The molecule has 3 nitrogen and oxygen atoms in total. The second kappa shape index (κ2) is 2.82. The third-order valence-corrected chi connectivity index (χ3v) is 1.87. The van der Waals surface area contributed by atoms with E-state index in [-0.39, 0.29) is 11.7 Å². The van der Waals surface area contributed by atoms with Gasteiger partial charge in [0.05, 0.1) is 0 Å². The normalized spacial score (nSPS) is 26.3. The third kappa shape index (κ3) is 1.17. The minimum Gasteiger partial charge on any atom is -0.349 e. The van der Waals surface area contributed by atoms with Crippen LogP contribution >= 0.6 is 0 Å². The standard InChI is InChI=1S/C7H11NO2/c1-2-5-3-4-8-7(10)6(5)9/h5H,2-4H2,1H3,(H,8,10). The molecule has 1 fully saturated rings. The van der Waals surface area contributed by atoms with Gasteiger partial charge < -0.3 is 5.32 Å². The van der Waals surface area contributed by atoms with Gasteiger partial charge in [-0.3, -0.25) is 9.59 Å². The lowest BCUT2D eigenvalue weighted by Gasteiger charge is -2.18. The molecule has 10 heavy (non-hydrogen) atoms. The summed E-state index contributed by atoms with van der Waals surface area (Å²) >= 11 is 0. The monoisotopic (exact) mass is 141 g/mol. The molecule has 1 rings (SSSR count). The Bertz CT molecular complexity index is 165. The number of carbonyl (C=O) groups is 2. The van der Waals surface area contributed by atoms with Gasteiger partial charge in [-0.05, 0) is 12.8 Å². The van der Waals surface area contributed by atoms with E-state index < -0.39 is 5.91 Å². The van der Waals surface area contributed by atoms with Gasteiger partial charge in [0, 0.05) is 12.5 Å². The van der Waals surface area contributed by atoms with Crippen LogP contribution in [0.15, 0.2) is 0 Å². The molecule has 1 amide bonds. The van der Waals surface area contributed by atoms with E-state index in [1.807, 2.05) is 6.92 Å². The van der Waals surface area contributed by atoms with Crippen LogP contribution in [0.4, 0.5) is 0 Å². The van der Waals surface area contributed by atoms with Crippen molar-refractivity contribution in [3.8, 4) is 0 Å². The van der Waals surface area contributed by atoms with Crippen LogP contribution in [0.5, 0.6) is 0 Å². The van der Waals surface area contributed by atoms with Gasteiger partial charge in [-0.1, -0.05) is 6.92 Å². The number of carbonyl (C=O) groups excluding carboxylic acids is 2. The van der Waals surface area contributed by atoms with E-state index in [0.717, 1.165) is 12.8 Å². The minimum absolute atomic E-state index is 0.0197. The molecule has 0 bridgehead atoms.